The summed E-state index contributed by atoms with van der Waals surface area (Å²) in [6.07, 6.45) is 3.50. The standard InChI is InChI=1S/C13H22Br2O2/c1-4-9-5-10(14)13(11(15)6-9)16-7-12(2,3)8-17-13/h9-11H,4-8H2,1-3H3/t10-,11-/m1/s1. The van der Waals surface area contributed by atoms with Gasteiger partial charge in [-0.05, 0) is 18.8 Å². The lowest BCUT2D eigenvalue weighted by atomic mass is 9.82. The number of rotatable bonds is 1. The number of alkyl halides is 2. The maximum atomic E-state index is 6.12. The van der Waals surface area contributed by atoms with Gasteiger partial charge in [-0.25, -0.2) is 0 Å². The number of hydrogen-bond donors (Lipinski definition) is 0. The predicted octanol–water partition coefficient (Wildman–Crippen LogP) is 4.10. The molecule has 1 aliphatic heterocycles. The van der Waals surface area contributed by atoms with Gasteiger partial charge in [-0.15, -0.1) is 0 Å². The highest BCUT2D eigenvalue weighted by atomic mass is 79.9. The van der Waals surface area contributed by atoms with Crippen LogP contribution in [0.1, 0.15) is 40.0 Å². The molecule has 0 amide bonds. The summed E-state index contributed by atoms with van der Waals surface area (Å²) in [7, 11) is 0. The first kappa shape index (κ1) is 14.3. The Bertz CT molecular complexity index is 257. The Morgan fingerprint density at radius 3 is 1.94 bits per heavy atom. The van der Waals surface area contributed by atoms with Gasteiger partial charge >= 0.3 is 0 Å². The molecule has 0 bridgehead atoms. The molecule has 0 aromatic heterocycles. The molecule has 1 saturated carbocycles. The lowest BCUT2D eigenvalue weighted by Crippen LogP contribution is -2.60. The van der Waals surface area contributed by atoms with Crippen LogP contribution in [0.4, 0.5) is 0 Å². The van der Waals surface area contributed by atoms with Gasteiger partial charge in [0.2, 0.25) is 0 Å². The Hall–Kier alpha value is 0.880. The molecule has 100 valence electrons. The Balaban J connectivity index is 2.10. The molecule has 2 nitrogen and oxygen atoms in total. The molecule has 0 N–H and O–H groups in total. The van der Waals surface area contributed by atoms with Gasteiger partial charge in [0.15, 0.2) is 5.79 Å². The SMILES string of the molecule is CCC1C[C@@H](Br)C2(OCC(C)(C)CO2)[C@H](Br)C1. The van der Waals surface area contributed by atoms with Crippen LogP contribution in [0.3, 0.4) is 0 Å². The lowest BCUT2D eigenvalue weighted by Gasteiger charge is -2.51. The smallest absolute Gasteiger partial charge is 0.193 e. The van der Waals surface area contributed by atoms with Crippen LogP contribution in [-0.2, 0) is 9.47 Å². The number of halogens is 2. The molecule has 1 saturated heterocycles. The highest BCUT2D eigenvalue weighted by molar-refractivity contribution is 9.10. The van der Waals surface area contributed by atoms with Crippen molar-refractivity contribution in [2.45, 2.75) is 55.5 Å². The molecular weight excluding hydrogens is 348 g/mol. The van der Waals surface area contributed by atoms with Crippen LogP contribution >= 0.6 is 31.9 Å². The Labute approximate surface area is 121 Å². The molecule has 17 heavy (non-hydrogen) atoms. The molecule has 0 aromatic rings. The van der Waals surface area contributed by atoms with Crippen molar-refractivity contribution in [3.8, 4) is 0 Å². The van der Waals surface area contributed by atoms with Crippen LogP contribution in [0.5, 0.6) is 0 Å². The summed E-state index contributed by atoms with van der Waals surface area (Å²) in [5.41, 5.74) is 0.131. The maximum Gasteiger partial charge on any atom is 0.193 e. The van der Waals surface area contributed by atoms with Crippen molar-refractivity contribution in [1.29, 1.82) is 0 Å². The summed E-state index contributed by atoms with van der Waals surface area (Å²) >= 11 is 7.57. The third-order valence-corrected chi connectivity index (χ3v) is 5.93. The summed E-state index contributed by atoms with van der Waals surface area (Å²) in [5, 5.41) is 0. The van der Waals surface area contributed by atoms with Crippen LogP contribution in [0.2, 0.25) is 0 Å². The van der Waals surface area contributed by atoms with E-state index in [1.807, 2.05) is 0 Å². The van der Waals surface area contributed by atoms with Crippen LogP contribution < -0.4 is 0 Å². The van der Waals surface area contributed by atoms with E-state index in [4.69, 9.17) is 9.47 Å². The van der Waals surface area contributed by atoms with Gasteiger partial charge in [-0.3, -0.25) is 0 Å². The summed E-state index contributed by atoms with van der Waals surface area (Å²) in [6, 6.07) is 0. The topological polar surface area (TPSA) is 18.5 Å². The van der Waals surface area contributed by atoms with Gasteiger partial charge in [-0.1, -0.05) is 59.1 Å². The lowest BCUT2D eigenvalue weighted by molar-refractivity contribution is -0.303. The summed E-state index contributed by atoms with van der Waals surface area (Å²) < 4.78 is 12.2. The molecule has 0 aromatic carbocycles. The van der Waals surface area contributed by atoms with Gasteiger partial charge < -0.3 is 9.47 Å². The molecule has 2 fully saturated rings. The summed E-state index contributed by atoms with van der Waals surface area (Å²) in [5.74, 6) is 0.304. The first-order valence-electron chi connectivity index (χ1n) is 6.45. The molecule has 2 rings (SSSR count). The fourth-order valence-electron chi connectivity index (χ4n) is 2.60. The van der Waals surface area contributed by atoms with E-state index in [-0.39, 0.29) is 15.1 Å². The molecular formula is C13H22Br2O2. The van der Waals surface area contributed by atoms with Crippen LogP contribution in [-0.4, -0.2) is 28.7 Å². The molecule has 2 aliphatic rings. The van der Waals surface area contributed by atoms with Gasteiger partial charge in [0, 0.05) is 5.41 Å². The normalized spacial score (nSPS) is 40.4. The number of ether oxygens (including phenoxy) is 2. The molecule has 1 aliphatic carbocycles. The van der Waals surface area contributed by atoms with Crippen LogP contribution in [0.25, 0.3) is 0 Å². The van der Waals surface area contributed by atoms with E-state index < -0.39 is 5.79 Å². The van der Waals surface area contributed by atoms with Crippen molar-refractivity contribution in [1.82, 2.24) is 0 Å². The second-order valence-corrected chi connectivity index (χ2v) is 8.35. The van der Waals surface area contributed by atoms with Crippen LogP contribution in [0, 0.1) is 11.3 Å². The van der Waals surface area contributed by atoms with E-state index in [0.29, 0.717) is 0 Å². The Morgan fingerprint density at radius 2 is 1.53 bits per heavy atom. The largest absolute Gasteiger partial charge is 0.347 e. The van der Waals surface area contributed by atoms with Crippen LogP contribution in [0.15, 0.2) is 0 Å². The van der Waals surface area contributed by atoms with E-state index in [9.17, 15) is 0 Å². The van der Waals surface area contributed by atoms with E-state index >= 15 is 0 Å². The second kappa shape index (κ2) is 5.10. The minimum absolute atomic E-state index is 0.131. The van der Waals surface area contributed by atoms with Crippen molar-refractivity contribution in [2.24, 2.45) is 11.3 Å². The zero-order chi connectivity index (χ0) is 12.7. The van der Waals surface area contributed by atoms with Crippen molar-refractivity contribution in [3.63, 3.8) is 0 Å². The Morgan fingerprint density at radius 1 is 1.06 bits per heavy atom. The maximum absolute atomic E-state index is 6.12. The first-order valence-corrected chi connectivity index (χ1v) is 8.29. The quantitative estimate of drug-likeness (QED) is 0.647. The average Bonchev–Trinajstić information content (AvgIpc) is 2.27. The molecule has 0 unspecified atom stereocenters. The highest BCUT2D eigenvalue weighted by Gasteiger charge is 2.53. The molecule has 0 radical (unpaired) electrons. The van der Waals surface area contributed by atoms with E-state index in [0.717, 1.165) is 32.0 Å². The van der Waals surface area contributed by atoms with Gasteiger partial charge in [-0.2, -0.15) is 0 Å². The first-order chi connectivity index (χ1) is 7.89. The second-order valence-electron chi connectivity index (χ2n) is 6.14. The van der Waals surface area contributed by atoms with E-state index in [2.05, 4.69) is 52.6 Å². The molecule has 2 atom stereocenters. The minimum atomic E-state index is -0.457. The van der Waals surface area contributed by atoms with Crippen molar-refractivity contribution >= 4 is 31.9 Å². The fraction of sp³-hybridized carbons (Fsp3) is 1.00. The van der Waals surface area contributed by atoms with E-state index in [1.165, 1.54) is 6.42 Å². The third kappa shape index (κ3) is 2.75. The molecule has 1 spiro atoms. The average molecular weight is 370 g/mol. The highest BCUT2D eigenvalue weighted by Crippen LogP contribution is 2.47. The van der Waals surface area contributed by atoms with Gasteiger partial charge in [0.25, 0.3) is 0 Å². The zero-order valence-electron chi connectivity index (χ0n) is 10.8. The number of hydrogen-bond acceptors (Lipinski definition) is 2. The Kier molecular flexibility index (Phi) is 4.29. The fourth-order valence-corrected chi connectivity index (χ4v) is 5.18. The predicted molar refractivity (Wildman–Crippen MR) is 76.9 cm³/mol. The van der Waals surface area contributed by atoms with Gasteiger partial charge in [0.1, 0.15) is 0 Å². The van der Waals surface area contributed by atoms with Gasteiger partial charge in [0.05, 0.1) is 22.9 Å². The molecule has 1 heterocycles. The minimum Gasteiger partial charge on any atom is -0.347 e. The van der Waals surface area contributed by atoms with Crippen molar-refractivity contribution < 1.29 is 9.47 Å². The van der Waals surface area contributed by atoms with Crippen molar-refractivity contribution in [2.75, 3.05) is 13.2 Å². The zero-order valence-corrected chi connectivity index (χ0v) is 14.0. The summed E-state index contributed by atoms with van der Waals surface area (Å²) in [6.45, 7) is 8.17. The monoisotopic (exact) mass is 368 g/mol. The third-order valence-electron chi connectivity index (χ3n) is 3.91. The summed E-state index contributed by atoms with van der Waals surface area (Å²) in [4.78, 5) is 0.573. The van der Waals surface area contributed by atoms with Crippen molar-refractivity contribution in [3.05, 3.63) is 0 Å². The molecule has 4 heteroatoms. The van der Waals surface area contributed by atoms with E-state index in [1.54, 1.807) is 0 Å².